The molecule has 0 fully saturated rings. The van der Waals surface area contributed by atoms with E-state index in [0.29, 0.717) is 0 Å². The van der Waals surface area contributed by atoms with Gasteiger partial charge in [0.05, 0.1) is 12.4 Å². The summed E-state index contributed by atoms with van der Waals surface area (Å²) in [4.78, 5) is 20.0. The zero-order valence-corrected chi connectivity index (χ0v) is 13.0. The van der Waals surface area contributed by atoms with Crippen molar-refractivity contribution in [2.45, 2.75) is 0 Å². The van der Waals surface area contributed by atoms with Crippen molar-refractivity contribution >= 4 is 49.9 Å². The Balaban J connectivity index is 1.97. The van der Waals surface area contributed by atoms with Gasteiger partial charge < -0.3 is 5.32 Å². The zero-order valence-electron chi connectivity index (χ0n) is 10.7. The maximum absolute atomic E-state index is 12.2. The molecule has 3 aromatic rings. The standard InChI is InChI=1S/C15H9BrClN3O/c16-11-5-6-12(10-4-2-1-3-9(10)11)20-15(21)13-7-19-14(17)8-18-13/h1-8H,(H,20,21). The second-order valence-electron chi connectivity index (χ2n) is 4.32. The van der Waals surface area contributed by atoms with Crippen LogP contribution in [0.1, 0.15) is 10.5 Å². The average molecular weight is 363 g/mol. The second kappa shape index (κ2) is 5.79. The van der Waals surface area contributed by atoms with Crippen molar-refractivity contribution in [3.63, 3.8) is 0 Å². The number of benzene rings is 2. The molecule has 0 bridgehead atoms. The van der Waals surface area contributed by atoms with Gasteiger partial charge in [0.25, 0.3) is 5.91 Å². The first-order valence-electron chi connectivity index (χ1n) is 6.11. The van der Waals surface area contributed by atoms with Gasteiger partial charge in [-0.1, -0.05) is 51.8 Å². The molecule has 1 heterocycles. The van der Waals surface area contributed by atoms with E-state index in [9.17, 15) is 4.79 Å². The van der Waals surface area contributed by atoms with E-state index in [4.69, 9.17) is 11.6 Å². The summed E-state index contributed by atoms with van der Waals surface area (Å²) < 4.78 is 0.974. The van der Waals surface area contributed by atoms with E-state index < -0.39 is 0 Å². The molecular formula is C15H9BrClN3O. The molecule has 1 N–H and O–H groups in total. The number of anilines is 1. The summed E-state index contributed by atoms with van der Waals surface area (Å²) in [5.74, 6) is -0.327. The number of fused-ring (bicyclic) bond motifs is 1. The normalized spacial score (nSPS) is 10.6. The van der Waals surface area contributed by atoms with Gasteiger partial charge in [-0.2, -0.15) is 0 Å². The number of aromatic nitrogens is 2. The highest BCUT2D eigenvalue weighted by Gasteiger charge is 2.11. The Kier molecular flexibility index (Phi) is 3.86. The van der Waals surface area contributed by atoms with Gasteiger partial charge in [-0.25, -0.2) is 9.97 Å². The highest BCUT2D eigenvalue weighted by molar-refractivity contribution is 9.10. The van der Waals surface area contributed by atoms with E-state index in [-0.39, 0.29) is 16.8 Å². The van der Waals surface area contributed by atoms with Crippen molar-refractivity contribution in [1.82, 2.24) is 9.97 Å². The molecule has 6 heteroatoms. The molecule has 0 aliphatic rings. The first-order valence-corrected chi connectivity index (χ1v) is 7.28. The third kappa shape index (κ3) is 2.89. The first-order chi connectivity index (χ1) is 10.1. The lowest BCUT2D eigenvalue weighted by molar-refractivity contribution is 0.102. The van der Waals surface area contributed by atoms with Gasteiger partial charge >= 0.3 is 0 Å². The fourth-order valence-electron chi connectivity index (χ4n) is 1.99. The monoisotopic (exact) mass is 361 g/mol. The van der Waals surface area contributed by atoms with Crippen LogP contribution in [0.2, 0.25) is 5.15 Å². The number of halogens is 2. The lowest BCUT2D eigenvalue weighted by Crippen LogP contribution is -2.14. The number of amides is 1. The molecular weight excluding hydrogens is 354 g/mol. The number of nitrogens with one attached hydrogen (secondary N) is 1. The van der Waals surface area contributed by atoms with Gasteiger partial charge in [0.15, 0.2) is 0 Å². The summed E-state index contributed by atoms with van der Waals surface area (Å²) in [5.41, 5.74) is 0.932. The topological polar surface area (TPSA) is 54.9 Å². The Labute approximate surface area is 134 Å². The molecule has 104 valence electrons. The average Bonchev–Trinajstić information content (AvgIpc) is 2.51. The predicted molar refractivity (Wildman–Crippen MR) is 86.6 cm³/mol. The third-order valence-corrected chi connectivity index (χ3v) is 3.86. The number of hydrogen-bond donors (Lipinski definition) is 1. The molecule has 0 radical (unpaired) electrons. The van der Waals surface area contributed by atoms with E-state index in [1.807, 2.05) is 36.4 Å². The highest BCUT2D eigenvalue weighted by Crippen LogP contribution is 2.30. The van der Waals surface area contributed by atoms with Gasteiger partial charge in [-0.3, -0.25) is 4.79 Å². The van der Waals surface area contributed by atoms with Crippen molar-refractivity contribution < 1.29 is 4.79 Å². The molecule has 21 heavy (non-hydrogen) atoms. The molecule has 3 rings (SSSR count). The summed E-state index contributed by atoms with van der Waals surface area (Å²) in [5, 5.41) is 5.07. The summed E-state index contributed by atoms with van der Waals surface area (Å²) in [6, 6.07) is 11.5. The van der Waals surface area contributed by atoms with Gasteiger partial charge in [0.2, 0.25) is 0 Å². The quantitative estimate of drug-likeness (QED) is 0.739. The van der Waals surface area contributed by atoms with Crippen molar-refractivity contribution in [2.24, 2.45) is 0 Å². The summed E-state index contributed by atoms with van der Waals surface area (Å²) in [6.07, 6.45) is 2.69. The van der Waals surface area contributed by atoms with Crippen LogP contribution in [-0.4, -0.2) is 15.9 Å². The SMILES string of the molecule is O=C(Nc1ccc(Br)c2ccccc12)c1cnc(Cl)cn1. The fraction of sp³-hybridized carbons (Fsp3) is 0. The number of rotatable bonds is 2. The summed E-state index contributed by atoms with van der Waals surface area (Å²) >= 11 is 9.16. The predicted octanol–water partition coefficient (Wildman–Crippen LogP) is 4.30. The molecule has 0 aliphatic heterocycles. The third-order valence-electron chi connectivity index (χ3n) is 2.97. The van der Waals surface area contributed by atoms with Crippen LogP contribution in [0.4, 0.5) is 5.69 Å². The Morgan fingerprint density at radius 1 is 1.05 bits per heavy atom. The van der Waals surface area contributed by atoms with E-state index in [2.05, 4.69) is 31.2 Å². The van der Waals surface area contributed by atoms with Gasteiger partial charge in [0, 0.05) is 15.5 Å². The van der Waals surface area contributed by atoms with Gasteiger partial charge in [-0.05, 0) is 17.5 Å². The molecule has 0 unspecified atom stereocenters. The molecule has 0 spiro atoms. The van der Waals surface area contributed by atoms with Gasteiger partial charge in [0.1, 0.15) is 10.8 Å². The van der Waals surface area contributed by atoms with E-state index in [1.165, 1.54) is 12.4 Å². The molecule has 1 aromatic heterocycles. The van der Waals surface area contributed by atoms with Crippen LogP contribution in [0.25, 0.3) is 10.8 Å². The lowest BCUT2D eigenvalue weighted by Gasteiger charge is -2.09. The van der Waals surface area contributed by atoms with E-state index in [0.717, 1.165) is 20.9 Å². The minimum absolute atomic E-state index is 0.214. The van der Waals surface area contributed by atoms with E-state index in [1.54, 1.807) is 0 Å². The lowest BCUT2D eigenvalue weighted by atomic mass is 10.1. The van der Waals surface area contributed by atoms with Crippen molar-refractivity contribution in [3.05, 3.63) is 64.1 Å². The molecule has 1 amide bonds. The van der Waals surface area contributed by atoms with Crippen LogP contribution in [0.15, 0.2) is 53.3 Å². The summed E-state index contributed by atoms with van der Waals surface area (Å²) in [7, 11) is 0. The number of carbonyl (C=O) groups is 1. The number of hydrogen-bond acceptors (Lipinski definition) is 3. The van der Waals surface area contributed by atoms with Crippen LogP contribution in [0, 0.1) is 0 Å². The number of carbonyl (C=O) groups excluding carboxylic acids is 1. The Bertz CT molecular complexity index is 821. The smallest absolute Gasteiger partial charge is 0.275 e. The zero-order chi connectivity index (χ0) is 14.8. The van der Waals surface area contributed by atoms with Crippen LogP contribution >= 0.6 is 27.5 Å². The van der Waals surface area contributed by atoms with Crippen LogP contribution in [0.3, 0.4) is 0 Å². The molecule has 0 saturated carbocycles. The molecule has 0 atom stereocenters. The second-order valence-corrected chi connectivity index (χ2v) is 5.56. The molecule has 0 aliphatic carbocycles. The maximum Gasteiger partial charge on any atom is 0.275 e. The largest absolute Gasteiger partial charge is 0.320 e. The minimum atomic E-state index is -0.327. The van der Waals surface area contributed by atoms with E-state index >= 15 is 0 Å². The Hall–Kier alpha value is -1.98. The fourth-order valence-corrected chi connectivity index (χ4v) is 2.56. The maximum atomic E-state index is 12.2. The van der Waals surface area contributed by atoms with Crippen LogP contribution in [-0.2, 0) is 0 Å². The van der Waals surface area contributed by atoms with Crippen molar-refractivity contribution in [1.29, 1.82) is 0 Å². The van der Waals surface area contributed by atoms with Crippen LogP contribution in [0.5, 0.6) is 0 Å². The number of nitrogens with zero attached hydrogens (tertiary/aromatic N) is 2. The molecule has 2 aromatic carbocycles. The Morgan fingerprint density at radius 2 is 1.81 bits per heavy atom. The summed E-state index contributed by atoms with van der Waals surface area (Å²) in [6.45, 7) is 0. The first kappa shape index (κ1) is 14.0. The molecule has 0 saturated heterocycles. The minimum Gasteiger partial charge on any atom is -0.320 e. The van der Waals surface area contributed by atoms with Crippen molar-refractivity contribution in [3.8, 4) is 0 Å². The highest BCUT2D eigenvalue weighted by atomic mass is 79.9. The Morgan fingerprint density at radius 3 is 2.52 bits per heavy atom. The van der Waals surface area contributed by atoms with Crippen molar-refractivity contribution in [2.75, 3.05) is 5.32 Å². The van der Waals surface area contributed by atoms with Gasteiger partial charge in [-0.15, -0.1) is 0 Å². The van der Waals surface area contributed by atoms with Crippen LogP contribution < -0.4 is 5.32 Å². The molecule has 4 nitrogen and oxygen atoms in total.